The standard InChI is InChI=1S/C15H17N3O/c16-15(7-4-8-15)13-17-12(18-19-13)14(9-10-14)11-5-2-1-3-6-11/h1-3,5-6H,4,7-10,16H2. The highest BCUT2D eigenvalue weighted by Crippen LogP contribution is 2.52. The Labute approximate surface area is 112 Å². The van der Waals surface area contributed by atoms with Gasteiger partial charge in [0.25, 0.3) is 0 Å². The lowest BCUT2D eigenvalue weighted by Crippen LogP contribution is -2.43. The molecule has 2 aliphatic rings. The van der Waals surface area contributed by atoms with Gasteiger partial charge in [0, 0.05) is 0 Å². The summed E-state index contributed by atoms with van der Waals surface area (Å²) in [5, 5.41) is 4.21. The number of nitrogens with two attached hydrogens (primary N) is 1. The van der Waals surface area contributed by atoms with Crippen LogP contribution in [-0.2, 0) is 11.0 Å². The fourth-order valence-electron chi connectivity index (χ4n) is 2.92. The SMILES string of the molecule is NC1(c2nc(C3(c4ccccc4)CC3)no2)CCC1. The fourth-order valence-corrected chi connectivity index (χ4v) is 2.92. The van der Waals surface area contributed by atoms with E-state index >= 15 is 0 Å². The molecule has 0 atom stereocenters. The van der Waals surface area contributed by atoms with Crippen molar-refractivity contribution in [2.75, 3.05) is 0 Å². The number of nitrogens with zero attached hydrogens (tertiary/aromatic N) is 2. The van der Waals surface area contributed by atoms with Crippen LogP contribution in [0.2, 0.25) is 0 Å². The summed E-state index contributed by atoms with van der Waals surface area (Å²) in [4.78, 5) is 4.61. The van der Waals surface area contributed by atoms with Crippen LogP contribution >= 0.6 is 0 Å². The third-order valence-corrected chi connectivity index (χ3v) is 4.60. The first-order valence-corrected chi connectivity index (χ1v) is 6.92. The van der Waals surface area contributed by atoms with E-state index in [4.69, 9.17) is 10.3 Å². The molecule has 0 saturated heterocycles. The molecule has 2 fully saturated rings. The van der Waals surface area contributed by atoms with Crippen LogP contribution in [0, 0.1) is 0 Å². The quantitative estimate of drug-likeness (QED) is 0.915. The average molecular weight is 255 g/mol. The van der Waals surface area contributed by atoms with Gasteiger partial charge in [-0.3, -0.25) is 0 Å². The molecule has 2 aromatic rings. The monoisotopic (exact) mass is 255 g/mol. The zero-order valence-electron chi connectivity index (χ0n) is 10.8. The van der Waals surface area contributed by atoms with Crippen molar-refractivity contribution in [1.29, 1.82) is 0 Å². The molecule has 1 aromatic heterocycles. The second kappa shape index (κ2) is 3.67. The van der Waals surface area contributed by atoms with Crippen LogP contribution in [0.4, 0.5) is 0 Å². The van der Waals surface area contributed by atoms with Crippen LogP contribution in [-0.4, -0.2) is 10.1 Å². The minimum Gasteiger partial charge on any atom is -0.337 e. The van der Waals surface area contributed by atoms with Crippen LogP contribution in [0.5, 0.6) is 0 Å². The lowest BCUT2D eigenvalue weighted by molar-refractivity contribution is 0.181. The van der Waals surface area contributed by atoms with E-state index < -0.39 is 0 Å². The molecule has 19 heavy (non-hydrogen) atoms. The summed E-state index contributed by atoms with van der Waals surface area (Å²) in [5.74, 6) is 1.43. The summed E-state index contributed by atoms with van der Waals surface area (Å²) >= 11 is 0. The Morgan fingerprint density at radius 3 is 2.37 bits per heavy atom. The first kappa shape index (κ1) is 11.2. The van der Waals surface area contributed by atoms with Gasteiger partial charge in [0.2, 0.25) is 5.89 Å². The first-order chi connectivity index (χ1) is 9.23. The van der Waals surface area contributed by atoms with E-state index in [9.17, 15) is 0 Å². The van der Waals surface area contributed by atoms with Gasteiger partial charge in [-0.2, -0.15) is 4.98 Å². The van der Waals surface area contributed by atoms with Crippen molar-refractivity contribution < 1.29 is 4.52 Å². The van der Waals surface area contributed by atoms with Crippen molar-refractivity contribution in [2.45, 2.75) is 43.1 Å². The topological polar surface area (TPSA) is 64.9 Å². The maximum Gasteiger partial charge on any atom is 0.246 e. The molecule has 0 amide bonds. The van der Waals surface area contributed by atoms with Gasteiger partial charge in [-0.15, -0.1) is 0 Å². The fraction of sp³-hybridized carbons (Fsp3) is 0.467. The molecule has 98 valence electrons. The minimum atomic E-state index is -0.363. The molecule has 0 spiro atoms. The van der Waals surface area contributed by atoms with Crippen molar-refractivity contribution in [3.05, 3.63) is 47.6 Å². The number of rotatable bonds is 3. The maximum atomic E-state index is 6.24. The molecule has 0 radical (unpaired) electrons. The van der Waals surface area contributed by atoms with E-state index in [2.05, 4.69) is 34.4 Å². The highest BCUT2D eigenvalue weighted by atomic mass is 16.5. The van der Waals surface area contributed by atoms with Gasteiger partial charge in [-0.25, -0.2) is 0 Å². The third kappa shape index (κ3) is 1.56. The predicted molar refractivity (Wildman–Crippen MR) is 70.5 cm³/mol. The molecule has 2 N–H and O–H groups in total. The Hall–Kier alpha value is -1.68. The zero-order valence-corrected chi connectivity index (χ0v) is 10.8. The summed E-state index contributed by atoms with van der Waals surface area (Å²) in [6.07, 6.45) is 5.24. The largest absolute Gasteiger partial charge is 0.337 e. The molecule has 0 aliphatic heterocycles. The van der Waals surface area contributed by atoms with E-state index in [1.54, 1.807) is 0 Å². The van der Waals surface area contributed by atoms with Crippen LogP contribution in [0.3, 0.4) is 0 Å². The van der Waals surface area contributed by atoms with E-state index in [1.807, 2.05) is 6.07 Å². The molecule has 1 aromatic carbocycles. The van der Waals surface area contributed by atoms with Crippen LogP contribution in [0.1, 0.15) is 49.4 Å². The van der Waals surface area contributed by atoms with Crippen molar-refractivity contribution in [3.8, 4) is 0 Å². The molecule has 4 heteroatoms. The molecule has 1 heterocycles. The molecule has 2 aliphatic carbocycles. The van der Waals surface area contributed by atoms with Crippen molar-refractivity contribution in [1.82, 2.24) is 10.1 Å². The Morgan fingerprint density at radius 2 is 1.79 bits per heavy atom. The Balaban J connectivity index is 1.70. The normalized spacial score (nSPS) is 22.8. The van der Waals surface area contributed by atoms with Crippen molar-refractivity contribution >= 4 is 0 Å². The summed E-state index contributed by atoms with van der Waals surface area (Å²) in [6.45, 7) is 0. The smallest absolute Gasteiger partial charge is 0.246 e. The Kier molecular flexibility index (Phi) is 2.16. The molecular formula is C15H17N3O. The summed E-state index contributed by atoms with van der Waals surface area (Å²) < 4.78 is 5.43. The van der Waals surface area contributed by atoms with E-state index in [0.717, 1.165) is 37.9 Å². The Bertz CT molecular complexity index is 597. The van der Waals surface area contributed by atoms with Gasteiger partial charge in [0.1, 0.15) is 0 Å². The van der Waals surface area contributed by atoms with E-state index in [-0.39, 0.29) is 11.0 Å². The molecule has 4 rings (SSSR count). The highest BCUT2D eigenvalue weighted by molar-refractivity contribution is 5.38. The van der Waals surface area contributed by atoms with Gasteiger partial charge >= 0.3 is 0 Å². The number of hydrogen-bond acceptors (Lipinski definition) is 4. The van der Waals surface area contributed by atoms with Crippen molar-refractivity contribution in [2.24, 2.45) is 5.73 Å². The number of hydrogen-bond donors (Lipinski definition) is 1. The summed E-state index contributed by atoms with van der Waals surface area (Å²) in [5.41, 5.74) is 7.14. The second-order valence-corrected chi connectivity index (χ2v) is 5.88. The number of benzene rings is 1. The first-order valence-electron chi connectivity index (χ1n) is 6.92. The average Bonchev–Trinajstić information content (AvgIpc) is 3.08. The predicted octanol–water partition coefficient (Wildman–Crippen LogP) is 2.49. The lowest BCUT2D eigenvalue weighted by Gasteiger charge is -2.33. The van der Waals surface area contributed by atoms with E-state index in [0.29, 0.717) is 5.89 Å². The molecule has 4 nitrogen and oxygen atoms in total. The van der Waals surface area contributed by atoms with Gasteiger partial charge in [0.05, 0.1) is 11.0 Å². The van der Waals surface area contributed by atoms with Gasteiger partial charge in [-0.05, 0) is 37.7 Å². The maximum absolute atomic E-state index is 6.24. The molecular weight excluding hydrogens is 238 g/mol. The van der Waals surface area contributed by atoms with Crippen LogP contribution in [0.15, 0.2) is 34.9 Å². The van der Waals surface area contributed by atoms with E-state index in [1.165, 1.54) is 5.56 Å². The lowest BCUT2D eigenvalue weighted by atomic mass is 9.77. The number of aromatic nitrogens is 2. The molecule has 0 bridgehead atoms. The molecule has 0 unspecified atom stereocenters. The summed E-state index contributed by atoms with van der Waals surface area (Å²) in [6, 6.07) is 10.4. The van der Waals surface area contributed by atoms with Gasteiger partial charge in [-0.1, -0.05) is 35.5 Å². The minimum absolute atomic E-state index is 0.0247. The summed E-state index contributed by atoms with van der Waals surface area (Å²) in [7, 11) is 0. The highest BCUT2D eigenvalue weighted by Gasteiger charge is 2.51. The second-order valence-electron chi connectivity index (χ2n) is 5.88. The van der Waals surface area contributed by atoms with Crippen LogP contribution in [0.25, 0.3) is 0 Å². The molecule has 2 saturated carbocycles. The van der Waals surface area contributed by atoms with Crippen LogP contribution < -0.4 is 5.73 Å². The zero-order chi connectivity index (χ0) is 12.9. The van der Waals surface area contributed by atoms with Crippen molar-refractivity contribution in [3.63, 3.8) is 0 Å². The third-order valence-electron chi connectivity index (χ3n) is 4.60. The Morgan fingerprint density at radius 1 is 1.05 bits per heavy atom. The van der Waals surface area contributed by atoms with Gasteiger partial charge < -0.3 is 10.3 Å². The van der Waals surface area contributed by atoms with Gasteiger partial charge in [0.15, 0.2) is 5.82 Å².